The summed E-state index contributed by atoms with van der Waals surface area (Å²) in [5, 5.41) is 4.27. The van der Waals surface area contributed by atoms with Crippen molar-refractivity contribution in [2.75, 3.05) is 19.3 Å². The van der Waals surface area contributed by atoms with Crippen molar-refractivity contribution >= 4 is 32.8 Å². The number of hydrogen-bond acceptors (Lipinski definition) is 5. The van der Waals surface area contributed by atoms with Gasteiger partial charge in [-0.05, 0) is 48.1 Å². The second-order valence-corrected chi connectivity index (χ2v) is 5.83. The van der Waals surface area contributed by atoms with Crippen molar-refractivity contribution in [3.05, 3.63) is 35.3 Å². The Labute approximate surface area is 136 Å². The third kappa shape index (κ3) is 2.95. The van der Waals surface area contributed by atoms with E-state index >= 15 is 0 Å². The van der Waals surface area contributed by atoms with Crippen molar-refractivity contribution in [1.82, 2.24) is 24.8 Å². The maximum absolute atomic E-state index is 5.72. The number of halogens is 1. The third-order valence-electron chi connectivity index (χ3n) is 3.51. The Morgan fingerprint density at radius 1 is 1.36 bits per heavy atom. The van der Waals surface area contributed by atoms with Gasteiger partial charge >= 0.3 is 0 Å². The standard InChI is InChI=1S/C15H17BrN6/c1-18-4-2-6-22-9-11(12-3-5-19-15(17)21-12)10-7-14(16)20-8-13(10)22/h3,5,7-9,18H,2,4,6H2,1H3,(H2,17,19,21). The van der Waals surface area contributed by atoms with Crippen molar-refractivity contribution in [2.24, 2.45) is 0 Å². The van der Waals surface area contributed by atoms with Crippen LogP contribution in [0.15, 0.2) is 35.3 Å². The van der Waals surface area contributed by atoms with Crippen molar-refractivity contribution in [2.45, 2.75) is 13.0 Å². The van der Waals surface area contributed by atoms with Crippen LogP contribution in [0, 0.1) is 0 Å². The number of nitrogens with one attached hydrogen (secondary N) is 1. The highest BCUT2D eigenvalue weighted by molar-refractivity contribution is 9.10. The highest BCUT2D eigenvalue weighted by atomic mass is 79.9. The Bertz CT molecular complexity index is 798. The van der Waals surface area contributed by atoms with Gasteiger partial charge < -0.3 is 15.6 Å². The molecule has 0 aliphatic carbocycles. The molecule has 0 amide bonds. The number of pyridine rings is 1. The highest BCUT2D eigenvalue weighted by Crippen LogP contribution is 2.31. The molecule has 0 aromatic carbocycles. The number of rotatable bonds is 5. The normalized spacial score (nSPS) is 11.2. The van der Waals surface area contributed by atoms with E-state index in [1.807, 2.05) is 25.4 Å². The first kappa shape index (κ1) is 14.9. The minimum absolute atomic E-state index is 0.279. The summed E-state index contributed by atoms with van der Waals surface area (Å²) in [5.41, 5.74) is 8.67. The number of nitrogens with two attached hydrogens (primary N) is 1. The van der Waals surface area contributed by atoms with Crippen molar-refractivity contribution in [3.8, 4) is 11.3 Å². The van der Waals surface area contributed by atoms with Crippen LogP contribution in [0.4, 0.5) is 5.95 Å². The van der Waals surface area contributed by atoms with Crippen LogP contribution in [0.2, 0.25) is 0 Å². The van der Waals surface area contributed by atoms with Crippen LogP contribution in [-0.2, 0) is 6.54 Å². The van der Waals surface area contributed by atoms with Gasteiger partial charge in [0.2, 0.25) is 5.95 Å². The van der Waals surface area contributed by atoms with Gasteiger partial charge in [-0.15, -0.1) is 0 Å². The molecule has 0 saturated carbocycles. The number of anilines is 1. The summed E-state index contributed by atoms with van der Waals surface area (Å²) in [6, 6.07) is 3.88. The first-order chi connectivity index (χ1) is 10.7. The van der Waals surface area contributed by atoms with Crippen molar-refractivity contribution < 1.29 is 0 Å². The molecule has 114 valence electrons. The molecule has 0 aliphatic heterocycles. The molecular weight excluding hydrogens is 344 g/mol. The number of nitrogens with zero attached hydrogens (tertiary/aromatic N) is 4. The molecule has 3 aromatic rings. The monoisotopic (exact) mass is 360 g/mol. The molecule has 7 heteroatoms. The maximum Gasteiger partial charge on any atom is 0.220 e. The minimum Gasteiger partial charge on any atom is -0.368 e. The Hall–Kier alpha value is -1.99. The van der Waals surface area contributed by atoms with Crippen LogP contribution in [-0.4, -0.2) is 33.1 Å². The second kappa shape index (κ2) is 6.41. The zero-order valence-corrected chi connectivity index (χ0v) is 13.8. The number of nitrogen functional groups attached to an aromatic ring is 1. The molecule has 3 N–H and O–H groups in total. The molecule has 22 heavy (non-hydrogen) atoms. The van der Waals surface area contributed by atoms with Gasteiger partial charge in [-0.25, -0.2) is 15.0 Å². The van der Waals surface area contributed by atoms with E-state index < -0.39 is 0 Å². The molecule has 3 aromatic heterocycles. The topological polar surface area (TPSA) is 81.7 Å². The molecule has 0 atom stereocenters. The summed E-state index contributed by atoms with van der Waals surface area (Å²) >= 11 is 3.44. The largest absolute Gasteiger partial charge is 0.368 e. The third-order valence-corrected chi connectivity index (χ3v) is 3.94. The lowest BCUT2D eigenvalue weighted by atomic mass is 10.1. The second-order valence-electron chi connectivity index (χ2n) is 5.02. The van der Waals surface area contributed by atoms with Gasteiger partial charge in [-0.1, -0.05) is 0 Å². The van der Waals surface area contributed by atoms with E-state index in [4.69, 9.17) is 5.73 Å². The molecule has 6 nitrogen and oxygen atoms in total. The van der Waals surface area contributed by atoms with E-state index in [0.29, 0.717) is 0 Å². The Balaban J connectivity index is 2.10. The predicted molar refractivity (Wildman–Crippen MR) is 91.4 cm³/mol. The lowest BCUT2D eigenvalue weighted by Crippen LogP contribution is -2.10. The van der Waals surface area contributed by atoms with Crippen LogP contribution in [0.5, 0.6) is 0 Å². The molecule has 0 saturated heterocycles. The van der Waals surface area contributed by atoms with Gasteiger partial charge in [-0.2, -0.15) is 0 Å². The molecule has 0 fully saturated rings. The van der Waals surface area contributed by atoms with Crippen molar-refractivity contribution in [1.29, 1.82) is 0 Å². The van der Waals surface area contributed by atoms with Crippen LogP contribution in [0.1, 0.15) is 6.42 Å². The molecular formula is C15H17BrN6. The van der Waals surface area contributed by atoms with E-state index in [2.05, 4.69) is 47.0 Å². The van der Waals surface area contributed by atoms with E-state index in [1.165, 1.54) is 0 Å². The van der Waals surface area contributed by atoms with Crippen LogP contribution >= 0.6 is 15.9 Å². The molecule has 0 bridgehead atoms. The molecule has 0 unspecified atom stereocenters. The van der Waals surface area contributed by atoms with Crippen LogP contribution < -0.4 is 11.1 Å². The predicted octanol–water partition coefficient (Wildman–Crippen LogP) is 2.45. The minimum atomic E-state index is 0.279. The van der Waals surface area contributed by atoms with Gasteiger partial charge in [0.15, 0.2) is 0 Å². The van der Waals surface area contributed by atoms with E-state index in [1.54, 1.807) is 6.20 Å². The molecule has 3 heterocycles. The van der Waals surface area contributed by atoms with E-state index in [9.17, 15) is 0 Å². The Morgan fingerprint density at radius 3 is 3.00 bits per heavy atom. The van der Waals surface area contributed by atoms with Gasteiger partial charge in [0.05, 0.1) is 17.4 Å². The number of aryl methyl sites for hydroxylation is 1. The van der Waals surface area contributed by atoms with Gasteiger partial charge in [-0.3, -0.25) is 0 Å². The lowest BCUT2D eigenvalue weighted by molar-refractivity contribution is 0.627. The summed E-state index contributed by atoms with van der Waals surface area (Å²) in [6.07, 6.45) is 6.71. The summed E-state index contributed by atoms with van der Waals surface area (Å²) in [6.45, 7) is 1.89. The fraction of sp³-hybridized carbons (Fsp3) is 0.267. The SMILES string of the molecule is CNCCCn1cc(-c2ccnc(N)n2)c2cc(Br)ncc21. The van der Waals surface area contributed by atoms with Crippen LogP contribution in [0.25, 0.3) is 22.2 Å². The average Bonchev–Trinajstić information content (AvgIpc) is 2.85. The van der Waals surface area contributed by atoms with Crippen LogP contribution in [0.3, 0.4) is 0 Å². The molecule has 0 aliphatic rings. The number of aromatic nitrogens is 4. The van der Waals surface area contributed by atoms with Gasteiger partial charge in [0.1, 0.15) is 4.60 Å². The number of hydrogen-bond donors (Lipinski definition) is 2. The first-order valence-corrected chi connectivity index (χ1v) is 7.86. The Kier molecular flexibility index (Phi) is 4.35. The van der Waals surface area contributed by atoms with E-state index in [-0.39, 0.29) is 5.95 Å². The average molecular weight is 361 g/mol. The van der Waals surface area contributed by atoms with Gasteiger partial charge in [0.25, 0.3) is 0 Å². The number of fused-ring (bicyclic) bond motifs is 1. The summed E-state index contributed by atoms with van der Waals surface area (Å²) in [7, 11) is 1.96. The first-order valence-electron chi connectivity index (χ1n) is 7.07. The molecule has 0 radical (unpaired) electrons. The molecule has 0 spiro atoms. The maximum atomic E-state index is 5.72. The zero-order chi connectivity index (χ0) is 15.5. The highest BCUT2D eigenvalue weighted by Gasteiger charge is 2.12. The fourth-order valence-electron chi connectivity index (χ4n) is 2.50. The smallest absolute Gasteiger partial charge is 0.220 e. The molecule has 3 rings (SSSR count). The zero-order valence-electron chi connectivity index (χ0n) is 12.3. The van der Waals surface area contributed by atoms with Crippen molar-refractivity contribution in [3.63, 3.8) is 0 Å². The lowest BCUT2D eigenvalue weighted by Gasteiger charge is -2.04. The van der Waals surface area contributed by atoms with Gasteiger partial charge in [0, 0.05) is 29.9 Å². The van der Waals surface area contributed by atoms with E-state index in [0.717, 1.165) is 46.3 Å². The summed E-state index contributed by atoms with van der Waals surface area (Å²) in [5.74, 6) is 0.279. The quantitative estimate of drug-likeness (QED) is 0.539. The Morgan fingerprint density at radius 2 is 2.23 bits per heavy atom. The fourth-order valence-corrected chi connectivity index (χ4v) is 2.83. The summed E-state index contributed by atoms with van der Waals surface area (Å²) in [4.78, 5) is 12.6. The summed E-state index contributed by atoms with van der Waals surface area (Å²) < 4.78 is 3.01.